The smallest absolute Gasteiger partial charge is 0.387 e. The third-order valence-corrected chi connectivity index (χ3v) is 4.58. The van der Waals surface area contributed by atoms with Gasteiger partial charge in [-0.05, 0) is 53.7 Å². The number of aromatic nitrogens is 4. The Balaban J connectivity index is 1.71. The Morgan fingerprint density at radius 3 is 2.64 bits per heavy atom. The standard InChI is InChI=1S/C17H15F2N5O3S/c1-10(15(26)20-13-4-2-3-5-14(13)27-16(18)19)28-17-21-22-23-24(17)11-6-8-12(25)9-7-11/h2-10,16,25H,1H3,(H,20,26)/t10-/m1/s1. The van der Waals surface area contributed by atoms with Gasteiger partial charge in [0.1, 0.15) is 11.5 Å². The summed E-state index contributed by atoms with van der Waals surface area (Å²) in [6, 6.07) is 12.1. The quantitative estimate of drug-likeness (QED) is 0.580. The van der Waals surface area contributed by atoms with Gasteiger partial charge in [-0.25, -0.2) is 0 Å². The van der Waals surface area contributed by atoms with Crippen LogP contribution in [0.15, 0.2) is 53.7 Å². The second-order valence-corrected chi connectivity index (χ2v) is 6.82. The maximum absolute atomic E-state index is 12.5. The minimum absolute atomic E-state index is 0.100. The number of hydrogen-bond donors (Lipinski definition) is 2. The molecule has 0 spiro atoms. The molecule has 2 aromatic carbocycles. The zero-order valence-electron chi connectivity index (χ0n) is 14.5. The number of nitrogens with zero attached hydrogens (tertiary/aromatic N) is 4. The number of halogens is 2. The minimum Gasteiger partial charge on any atom is -0.508 e. The summed E-state index contributed by atoms with van der Waals surface area (Å²) in [5, 5.41) is 23.0. The van der Waals surface area contributed by atoms with Crippen molar-refractivity contribution in [3.8, 4) is 17.2 Å². The molecule has 1 amide bonds. The molecule has 3 rings (SSSR count). The van der Waals surface area contributed by atoms with Crippen LogP contribution in [0.25, 0.3) is 5.69 Å². The van der Waals surface area contributed by atoms with Crippen LogP contribution in [-0.4, -0.2) is 43.1 Å². The molecular weight excluding hydrogens is 392 g/mol. The number of aromatic hydroxyl groups is 1. The number of amides is 1. The third kappa shape index (κ3) is 4.74. The number of thioether (sulfide) groups is 1. The Bertz CT molecular complexity index is 952. The summed E-state index contributed by atoms with van der Waals surface area (Å²) in [6.45, 7) is -1.37. The predicted molar refractivity (Wildman–Crippen MR) is 97.8 cm³/mol. The molecule has 2 N–H and O–H groups in total. The summed E-state index contributed by atoms with van der Waals surface area (Å²) in [7, 11) is 0. The Kier molecular flexibility index (Phi) is 6.04. The van der Waals surface area contributed by atoms with Crippen molar-refractivity contribution < 1.29 is 23.4 Å². The first-order valence-electron chi connectivity index (χ1n) is 8.03. The first-order valence-corrected chi connectivity index (χ1v) is 8.91. The number of carbonyl (C=O) groups excluding carboxylic acids is 1. The highest BCUT2D eigenvalue weighted by Crippen LogP contribution is 2.28. The minimum atomic E-state index is -3.00. The highest BCUT2D eigenvalue weighted by Gasteiger charge is 2.21. The SMILES string of the molecule is C[C@@H](Sc1nnnn1-c1ccc(O)cc1)C(=O)Nc1ccccc1OC(F)F. The monoisotopic (exact) mass is 407 g/mol. The Labute approximate surface area is 162 Å². The van der Waals surface area contributed by atoms with Crippen LogP contribution in [0.2, 0.25) is 0 Å². The van der Waals surface area contributed by atoms with E-state index in [9.17, 15) is 18.7 Å². The predicted octanol–water partition coefficient (Wildman–Crippen LogP) is 3.09. The van der Waals surface area contributed by atoms with Gasteiger partial charge in [0.05, 0.1) is 16.6 Å². The van der Waals surface area contributed by atoms with Gasteiger partial charge in [0, 0.05) is 0 Å². The van der Waals surface area contributed by atoms with Gasteiger partial charge < -0.3 is 15.2 Å². The molecule has 0 saturated carbocycles. The van der Waals surface area contributed by atoms with Crippen molar-refractivity contribution in [2.45, 2.75) is 23.9 Å². The van der Waals surface area contributed by atoms with Crippen molar-refractivity contribution >= 4 is 23.4 Å². The summed E-state index contributed by atoms with van der Waals surface area (Å²) in [6.07, 6.45) is 0. The summed E-state index contributed by atoms with van der Waals surface area (Å²) >= 11 is 1.09. The number of rotatable bonds is 7. The van der Waals surface area contributed by atoms with Gasteiger partial charge in [-0.15, -0.1) is 5.10 Å². The first-order chi connectivity index (χ1) is 13.4. The van der Waals surface area contributed by atoms with E-state index in [1.165, 1.54) is 35.0 Å². The third-order valence-electron chi connectivity index (χ3n) is 3.55. The van der Waals surface area contributed by atoms with E-state index in [1.807, 2.05) is 0 Å². The second kappa shape index (κ2) is 8.65. The van der Waals surface area contributed by atoms with Gasteiger partial charge in [0.15, 0.2) is 0 Å². The lowest BCUT2D eigenvalue weighted by Crippen LogP contribution is -2.23. The molecule has 0 aliphatic heterocycles. The summed E-state index contributed by atoms with van der Waals surface area (Å²) in [5.41, 5.74) is 0.743. The van der Waals surface area contributed by atoms with E-state index in [-0.39, 0.29) is 17.2 Å². The van der Waals surface area contributed by atoms with Crippen LogP contribution in [0.3, 0.4) is 0 Å². The highest BCUT2D eigenvalue weighted by molar-refractivity contribution is 8.00. The number of alkyl halides is 2. The van der Waals surface area contributed by atoms with Crippen molar-refractivity contribution in [3.63, 3.8) is 0 Å². The number of ether oxygens (including phenoxy) is 1. The van der Waals surface area contributed by atoms with Gasteiger partial charge in [0.2, 0.25) is 11.1 Å². The number of phenols is 1. The van der Waals surface area contributed by atoms with Gasteiger partial charge in [-0.2, -0.15) is 13.5 Å². The highest BCUT2D eigenvalue weighted by atomic mass is 32.2. The van der Waals surface area contributed by atoms with Gasteiger partial charge in [-0.1, -0.05) is 23.9 Å². The molecule has 1 atom stereocenters. The second-order valence-electron chi connectivity index (χ2n) is 5.51. The Morgan fingerprint density at radius 1 is 1.21 bits per heavy atom. The van der Waals surface area contributed by atoms with E-state index in [0.29, 0.717) is 10.8 Å². The number of hydrogen-bond acceptors (Lipinski definition) is 7. The van der Waals surface area contributed by atoms with Crippen LogP contribution in [0.4, 0.5) is 14.5 Å². The number of para-hydroxylation sites is 2. The van der Waals surface area contributed by atoms with E-state index < -0.39 is 17.8 Å². The van der Waals surface area contributed by atoms with Crippen LogP contribution < -0.4 is 10.1 Å². The lowest BCUT2D eigenvalue weighted by Gasteiger charge is -2.14. The fourth-order valence-electron chi connectivity index (χ4n) is 2.22. The van der Waals surface area contributed by atoms with E-state index >= 15 is 0 Å². The molecule has 0 aliphatic carbocycles. The molecule has 8 nitrogen and oxygen atoms in total. The zero-order chi connectivity index (χ0) is 20.1. The lowest BCUT2D eigenvalue weighted by atomic mass is 10.3. The molecule has 28 heavy (non-hydrogen) atoms. The summed E-state index contributed by atoms with van der Waals surface area (Å²) in [5.74, 6) is -0.462. The largest absolute Gasteiger partial charge is 0.508 e. The first kappa shape index (κ1) is 19.5. The Morgan fingerprint density at radius 2 is 1.93 bits per heavy atom. The molecule has 1 aromatic heterocycles. The normalized spacial score (nSPS) is 12.0. The number of benzene rings is 2. The molecule has 0 bridgehead atoms. The molecule has 0 unspecified atom stereocenters. The molecule has 0 radical (unpaired) electrons. The van der Waals surface area contributed by atoms with Gasteiger partial charge in [0.25, 0.3) is 0 Å². The number of anilines is 1. The van der Waals surface area contributed by atoms with E-state index in [2.05, 4.69) is 25.6 Å². The van der Waals surface area contributed by atoms with Crippen LogP contribution in [-0.2, 0) is 4.79 Å². The molecule has 0 fully saturated rings. The number of nitrogens with one attached hydrogen (secondary N) is 1. The zero-order valence-corrected chi connectivity index (χ0v) is 15.3. The summed E-state index contributed by atoms with van der Waals surface area (Å²) in [4.78, 5) is 12.5. The van der Waals surface area contributed by atoms with Gasteiger partial charge in [-0.3, -0.25) is 4.79 Å². The lowest BCUT2D eigenvalue weighted by molar-refractivity contribution is -0.115. The van der Waals surface area contributed by atoms with Crippen molar-refractivity contribution in [1.82, 2.24) is 20.2 Å². The molecule has 1 heterocycles. The summed E-state index contributed by atoms with van der Waals surface area (Å²) < 4.78 is 30.8. The van der Waals surface area contributed by atoms with E-state index in [0.717, 1.165) is 11.8 Å². The van der Waals surface area contributed by atoms with Crippen LogP contribution in [0.1, 0.15) is 6.92 Å². The van der Waals surface area contributed by atoms with Crippen LogP contribution in [0.5, 0.6) is 11.5 Å². The topological polar surface area (TPSA) is 102 Å². The molecule has 3 aromatic rings. The molecular formula is C17H15F2N5O3S. The maximum Gasteiger partial charge on any atom is 0.387 e. The average molecular weight is 407 g/mol. The number of phenolic OH excluding ortho intramolecular Hbond substituents is 1. The van der Waals surface area contributed by atoms with E-state index in [1.54, 1.807) is 25.1 Å². The molecule has 146 valence electrons. The van der Waals surface area contributed by atoms with E-state index in [4.69, 9.17) is 0 Å². The number of tetrazole rings is 1. The molecule has 11 heteroatoms. The van der Waals surface area contributed by atoms with Crippen molar-refractivity contribution in [3.05, 3.63) is 48.5 Å². The number of carbonyl (C=O) groups is 1. The maximum atomic E-state index is 12.5. The average Bonchev–Trinajstić information content (AvgIpc) is 3.11. The fraction of sp³-hybridized carbons (Fsp3) is 0.176. The fourth-order valence-corrected chi connectivity index (χ4v) is 3.03. The van der Waals surface area contributed by atoms with Crippen molar-refractivity contribution in [2.24, 2.45) is 0 Å². The van der Waals surface area contributed by atoms with Gasteiger partial charge >= 0.3 is 6.61 Å². The van der Waals surface area contributed by atoms with Crippen LogP contribution >= 0.6 is 11.8 Å². The Hall–Kier alpha value is -3.21. The molecule has 0 saturated heterocycles. The van der Waals surface area contributed by atoms with Crippen molar-refractivity contribution in [2.75, 3.05) is 5.32 Å². The van der Waals surface area contributed by atoms with Crippen molar-refractivity contribution in [1.29, 1.82) is 0 Å². The van der Waals surface area contributed by atoms with Crippen LogP contribution in [0, 0.1) is 0 Å². The molecule has 0 aliphatic rings.